The number of aromatic nitrogens is 1. The van der Waals surface area contributed by atoms with Gasteiger partial charge in [-0.05, 0) is 28.8 Å². The fourth-order valence-corrected chi connectivity index (χ4v) is 1.57. The van der Waals surface area contributed by atoms with E-state index in [4.69, 9.17) is 5.53 Å². The van der Waals surface area contributed by atoms with Crippen LogP contribution in [0.25, 0.3) is 21.6 Å². The normalized spacial score (nSPS) is 9.79. The zero-order valence-corrected chi connectivity index (χ0v) is 9.42. The summed E-state index contributed by atoms with van der Waals surface area (Å²) in [7, 11) is 0. The lowest BCUT2D eigenvalue weighted by Crippen LogP contribution is -1.97. The van der Waals surface area contributed by atoms with Crippen LogP contribution in [0.4, 0.5) is 8.78 Å². The summed E-state index contributed by atoms with van der Waals surface area (Å²) in [5.74, 6) is -2.40. The number of hydrogen-bond donors (Lipinski definition) is 0. The summed E-state index contributed by atoms with van der Waals surface area (Å²) in [4.78, 5) is 17.4. The minimum absolute atomic E-state index is 0.0436. The minimum atomic E-state index is -0.867. The second kappa shape index (κ2) is 5.24. The highest BCUT2D eigenvalue weighted by molar-refractivity contribution is 5.95. The molecule has 1 aromatic heterocycles. The van der Waals surface area contributed by atoms with Crippen molar-refractivity contribution >= 4 is 5.91 Å². The van der Waals surface area contributed by atoms with E-state index < -0.39 is 17.5 Å². The molecule has 0 saturated heterocycles. The molecule has 5 nitrogen and oxygen atoms in total. The molecule has 1 amide bonds. The van der Waals surface area contributed by atoms with Crippen LogP contribution in [0.3, 0.4) is 0 Å². The molecule has 0 unspecified atom stereocenters. The van der Waals surface area contributed by atoms with Gasteiger partial charge in [0.25, 0.3) is 5.91 Å². The predicted octanol–water partition coefficient (Wildman–Crippen LogP) is 3.48. The number of nitrogens with zero attached hydrogens (tertiary/aromatic N) is 4. The third-order valence-corrected chi connectivity index (χ3v) is 2.37. The molecule has 0 radical (unpaired) electrons. The van der Waals surface area contributed by atoms with Crippen LogP contribution in [0.2, 0.25) is 0 Å². The molecular weight excluding hydrogens is 254 g/mol. The van der Waals surface area contributed by atoms with Gasteiger partial charge in [-0.15, -0.1) is 0 Å². The molecule has 1 aromatic carbocycles. The van der Waals surface area contributed by atoms with Gasteiger partial charge in [0.05, 0.1) is 5.56 Å². The van der Waals surface area contributed by atoms with E-state index in [0.29, 0.717) is 0 Å². The van der Waals surface area contributed by atoms with Gasteiger partial charge in [-0.1, -0.05) is 6.07 Å². The fraction of sp³-hybridized carbons (Fsp3) is 0. The first kappa shape index (κ1) is 12.7. The van der Waals surface area contributed by atoms with Crippen LogP contribution in [-0.4, -0.2) is 10.9 Å². The van der Waals surface area contributed by atoms with Gasteiger partial charge in [-0.2, -0.15) is 0 Å². The Kier molecular flexibility index (Phi) is 3.49. The molecule has 0 saturated carbocycles. The van der Waals surface area contributed by atoms with Gasteiger partial charge in [-0.25, -0.2) is 8.78 Å². The quantitative estimate of drug-likeness (QED) is 0.470. The van der Waals surface area contributed by atoms with Gasteiger partial charge in [0, 0.05) is 28.4 Å². The zero-order chi connectivity index (χ0) is 13.8. The lowest BCUT2D eigenvalue weighted by molar-refractivity contribution is 0.1000. The van der Waals surface area contributed by atoms with Crippen LogP contribution in [0, 0.1) is 11.6 Å². The lowest BCUT2D eigenvalue weighted by atomic mass is 10.0. The largest absolute Gasteiger partial charge is 0.287 e. The van der Waals surface area contributed by atoms with E-state index in [1.54, 1.807) is 0 Å². The van der Waals surface area contributed by atoms with Crippen LogP contribution in [0.5, 0.6) is 0 Å². The zero-order valence-electron chi connectivity index (χ0n) is 9.42. The topological polar surface area (TPSA) is 78.7 Å². The molecule has 2 aromatic rings. The molecule has 0 N–H and O–H groups in total. The smallest absolute Gasteiger partial charge is 0.250 e. The molecule has 0 atom stereocenters. The van der Waals surface area contributed by atoms with E-state index >= 15 is 0 Å². The summed E-state index contributed by atoms with van der Waals surface area (Å²) < 4.78 is 27.2. The SMILES string of the molecule is [N-]=[N+]=NC(=O)c1cncc(-c2c(F)cccc2F)c1. The Morgan fingerprint density at radius 1 is 1.26 bits per heavy atom. The average molecular weight is 260 g/mol. The maximum atomic E-state index is 13.6. The van der Waals surface area contributed by atoms with Crippen LogP contribution < -0.4 is 0 Å². The standard InChI is InChI=1S/C12H6F2N4O/c13-9-2-1-3-10(14)11(9)7-4-8(6-16-5-7)12(19)17-18-15/h1-6H. The number of azide groups is 1. The predicted molar refractivity (Wildman–Crippen MR) is 63.1 cm³/mol. The molecule has 94 valence electrons. The van der Waals surface area contributed by atoms with Crippen molar-refractivity contribution in [1.29, 1.82) is 0 Å². The second-order valence-corrected chi connectivity index (χ2v) is 3.55. The Hall–Kier alpha value is -2.79. The molecule has 0 aliphatic carbocycles. The summed E-state index contributed by atoms with van der Waals surface area (Å²) in [5.41, 5.74) is 7.93. The first-order valence-electron chi connectivity index (χ1n) is 5.12. The van der Waals surface area contributed by atoms with Crippen molar-refractivity contribution in [1.82, 2.24) is 4.98 Å². The Bertz CT molecular complexity index is 676. The summed E-state index contributed by atoms with van der Waals surface area (Å²) in [6.45, 7) is 0. The number of hydrogen-bond acceptors (Lipinski definition) is 2. The molecule has 1 heterocycles. The molecule has 0 bridgehead atoms. The first-order chi connectivity index (χ1) is 9.13. The monoisotopic (exact) mass is 260 g/mol. The number of carbonyl (C=O) groups excluding carboxylic acids is 1. The maximum Gasteiger partial charge on any atom is 0.250 e. The molecule has 0 spiro atoms. The van der Waals surface area contributed by atoms with Crippen molar-refractivity contribution in [2.45, 2.75) is 0 Å². The van der Waals surface area contributed by atoms with Crippen molar-refractivity contribution < 1.29 is 13.6 Å². The molecule has 0 aliphatic rings. The van der Waals surface area contributed by atoms with Crippen molar-refractivity contribution in [3.8, 4) is 11.1 Å². The third-order valence-electron chi connectivity index (χ3n) is 2.37. The number of pyridine rings is 1. The fourth-order valence-electron chi connectivity index (χ4n) is 1.57. The van der Waals surface area contributed by atoms with Crippen molar-refractivity contribution in [3.05, 3.63) is 64.3 Å². The van der Waals surface area contributed by atoms with E-state index in [9.17, 15) is 13.6 Å². The van der Waals surface area contributed by atoms with E-state index in [-0.39, 0.29) is 16.7 Å². The van der Waals surface area contributed by atoms with Gasteiger partial charge in [-0.3, -0.25) is 9.78 Å². The Labute approximate surface area is 106 Å². The Morgan fingerprint density at radius 3 is 2.58 bits per heavy atom. The number of halogens is 2. The summed E-state index contributed by atoms with van der Waals surface area (Å²) >= 11 is 0. The summed E-state index contributed by atoms with van der Waals surface area (Å²) in [6.07, 6.45) is 2.37. The highest BCUT2D eigenvalue weighted by Gasteiger charge is 2.13. The Morgan fingerprint density at radius 2 is 1.95 bits per heavy atom. The van der Waals surface area contributed by atoms with Gasteiger partial charge in [0.2, 0.25) is 0 Å². The first-order valence-corrected chi connectivity index (χ1v) is 5.12. The van der Waals surface area contributed by atoms with Crippen LogP contribution in [0.1, 0.15) is 10.4 Å². The van der Waals surface area contributed by atoms with Crippen molar-refractivity contribution in [2.24, 2.45) is 5.11 Å². The molecule has 0 aliphatic heterocycles. The summed E-state index contributed by atoms with van der Waals surface area (Å²) in [6, 6.07) is 4.64. The van der Waals surface area contributed by atoms with Gasteiger partial charge < -0.3 is 0 Å². The van der Waals surface area contributed by atoms with E-state index in [0.717, 1.165) is 18.3 Å². The van der Waals surface area contributed by atoms with Gasteiger partial charge in [0.15, 0.2) is 0 Å². The minimum Gasteiger partial charge on any atom is -0.287 e. The van der Waals surface area contributed by atoms with Crippen LogP contribution >= 0.6 is 0 Å². The molecular formula is C12H6F2N4O. The summed E-state index contributed by atoms with van der Waals surface area (Å²) in [5, 5.41) is 2.89. The van der Waals surface area contributed by atoms with Crippen LogP contribution in [-0.2, 0) is 0 Å². The highest BCUT2D eigenvalue weighted by atomic mass is 19.1. The molecule has 2 rings (SSSR count). The Balaban J connectivity index is 2.55. The molecule has 7 heteroatoms. The van der Waals surface area contributed by atoms with E-state index in [1.807, 2.05) is 0 Å². The van der Waals surface area contributed by atoms with Crippen molar-refractivity contribution in [2.75, 3.05) is 0 Å². The van der Waals surface area contributed by atoms with Crippen molar-refractivity contribution in [3.63, 3.8) is 0 Å². The maximum absolute atomic E-state index is 13.6. The molecule has 0 fully saturated rings. The molecule has 19 heavy (non-hydrogen) atoms. The lowest BCUT2D eigenvalue weighted by Gasteiger charge is -2.05. The second-order valence-electron chi connectivity index (χ2n) is 3.55. The van der Waals surface area contributed by atoms with Gasteiger partial charge in [0.1, 0.15) is 11.6 Å². The third kappa shape index (κ3) is 2.56. The van der Waals surface area contributed by atoms with Crippen LogP contribution in [0.15, 0.2) is 41.8 Å². The average Bonchev–Trinajstić information content (AvgIpc) is 2.39. The van der Waals surface area contributed by atoms with E-state index in [2.05, 4.69) is 15.0 Å². The number of benzene rings is 1. The number of rotatable bonds is 2. The number of carbonyl (C=O) groups is 1. The highest BCUT2D eigenvalue weighted by Crippen LogP contribution is 2.25. The van der Waals surface area contributed by atoms with Gasteiger partial charge >= 0.3 is 0 Å². The number of amides is 1. The van der Waals surface area contributed by atoms with E-state index in [1.165, 1.54) is 18.3 Å².